The first-order chi connectivity index (χ1) is 27.7. The zero-order chi connectivity index (χ0) is 37.0. The second-order valence-corrected chi connectivity index (χ2v) is 15.0. The van der Waals surface area contributed by atoms with Crippen molar-refractivity contribution in [3.05, 3.63) is 188 Å². The molecule has 0 N–H and O–H groups in total. The van der Waals surface area contributed by atoms with Gasteiger partial charge in [0.1, 0.15) is 11.2 Å². The van der Waals surface area contributed by atoms with E-state index in [0.717, 1.165) is 55.3 Å². The Kier molecular flexibility index (Phi) is 7.64. The van der Waals surface area contributed by atoms with Crippen molar-refractivity contribution in [1.29, 1.82) is 0 Å². The number of hydrogen-bond acceptors (Lipinski definition) is 5. The third-order valence-corrected chi connectivity index (χ3v) is 11.8. The number of hydrogen-bond donors (Lipinski definition) is 0. The van der Waals surface area contributed by atoms with Crippen LogP contribution in [-0.2, 0) is 0 Å². The summed E-state index contributed by atoms with van der Waals surface area (Å²) in [5.41, 5.74) is 11.2. The van der Waals surface area contributed by atoms with Gasteiger partial charge in [-0.2, -0.15) is 0 Å². The van der Waals surface area contributed by atoms with E-state index in [1.54, 1.807) is 0 Å². The van der Waals surface area contributed by atoms with Gasteiger partial charge in [0.15, 0.2) is 17.5 Å². The third-order valence-electron chi connectivity index (χ3n) is 10.6. The van der Waals surface area contributed by atoms with Gasteiger partial charge in [0.2, 0.25) is 0 Å². The number of rotatable bonds is 6. The zero-order valence-corrected chi connectivity index (χ0v) is 30.9. The highest BCUT2D eigenvalue weighted by Crippen LogP contribution is 2.46. The van der Waals surface area contributed by atoms with Gasteiger partial charge < -0.3 is 4.42 Å². The minimum absolute atomic E-state index is 0.562. The average molecular weight is 734 g/mol. The first-order valence-electron chi connectivity index (χ1n) is 18.7. The molecule has 11 rings (SSSR count). The minimum Gasteiger partial charge on any atom is -0.455 e. The third kappa shape index (κ3) is 5.48. The lowest BCUT2D eigenvalue weighted by atomic mass is 9.94. The van der Waals surface area contributed by atoms with E-state index in [2.05, 4.69) is 146 Å². The molecule has 3 heterocycles. The summed E-state index contributed by atoms with van der Waals surface area (Å²) in [6, 6.07) is 65.6. The smallest absolute Gasteiger partial charge is 0.167 e. The van der Waals surface area contributed by atoms with Gasteiger partial charge in [-0.15, -0.1) is 11.3 Å². The fourth-order valence-corrected chi connectivity index (χ4v) is 9.13. The van der Waals surface area contributed by atoms with Crippen LogP contribution in [-0.4, -0.2) is 15.0 Å². The Morgan fingerprint density at radius 1 is 0.357 bits per heavy atom. The van der Waals surface area contributed by atoms with Crippen LogP contribution in [0.4, 0.5) is 0 Å². The van der Waals surface area contributed by atoms with Crippen LogP contribution in [0, 0.1) is 0 Å². The molecule has 0 amide bonds. The molecule has 3 aromatic heterocycles. The SMILES string of the molecule is c1ccc(-c2cccc(-c3nc(-c4ccccc4)nc(-c4cccc5c4oc4cc(-c6ccc(-c7ccccc7)c7c6sc6ccccc67)ccc45)n3)c2)cc1. The first-order valence-corrected chi connectivity index (χ1v) is 19.5. The Hall–Kier alpha value is -7.21. The lowest BCUT2D eigenvalue weighted by Gasteiger charge is -2.10. The molecule has 0 aliphatic rings. The molecule has 262 valence electrons. The predicted octanol–water partition coefficient (Wildman–Crippen LogP) is 14.1. The van der Waals surface area contributed by atoms with Crippen molar-refractivity contribution in [2.45, 2.75) is 0 Å². The van der Waals surface area contributed by atoms with Crippen molar-refractivity contribution in [3.63, 3.8) is 0 Å². The Morgan fingerprint density at radius 2 is 0.964 bits per heavy atom. The number of aromatic nitrogens is 3. The summed E-state index contributed by atoms with van der Waals surface area (Å²) in [7, 11) is 0. The van der Waals surface area contributed by atoms with Gasteiger partial charge in [0.05, 0.1) is 5.56 Å². The van der Waals surface area contributed by atoms with Crippen LogP contribution in [0.5, 0.6) is 0 Å². The molecule has 0 radical (unpaired) electrons. The maximum atomic E-state index is 6.84. The van der Waals surface area contributed by atoms with Crippen molar-refractivity contribution < 1.29 is 4.42 Å². The summed E-state index contributed by atoms with van der Waals surface area (Å²) in [5.74, 6) is 1.78. The van der Waals surface area contributed by atoms with E-state index in [-0.39, 0.29) is 0 Å². The van der Waals surface area contributed by atoms with Crippen LogP contribution < -0.4 is 0 Å². The molecule has 0 saturated carbocycles. The highest BCUT2D eigenvalue weighted by atomic mass is 32.1. The second kappa shape index (κ2) is 13.3. The lowest BCUT2D eigenvalue weighted by Crippen LogP contribution is -2.00. The van der Waals surface area contributed by atoms with E-state index in [1.807, 2.05) is 53.8 Å². The van der Waals surface area contributed by atoms with Gasteiger partial charge in [-0.1, -0.05) is 158 Å². The summed E-state index contributed by atoms with van der Waals surface area (Å²) in [5, 5.41) is 4.63. The number of furan rings is 1. The Morgan fingerprint density at radius 3 is 1.77 bits per heavy atom. The molecule has 0 fully saturated rings. The molecule has 56 heavy (non-hydrogen) atoms. The van der Waals surface area contributed by atoms with Crippen LogP contribution in [0.3, 0.4) is 0 Å². The van der Waals surface area contributed by atoms with E-state index < -0.39 is 0 Å². The maximum Gasteiger partial charge on any atom is 0.167 e. The summed E-state index contributed by atoms with van der Waals surface area (Å²) in [6.07, 6.45) is 0. The van der Waals surface area contributed by atoms with Crippen molar-refractivity contribution in [1.82, 2.24) is 15.0 Å². The number of benzene rings is 8. The molecule has 0 aliphatic carbocycles. The van der Waals surface area contributed by atoms with Gasteiger partial charge >= 0.3 is 0 Å². The molecule has 0 aliphatic heterocycles. The molecule has 11 aromatic rings. The van der Waals surface area contributed by atoms with Crippen molar-refractivity contribution in [3.8, 4) is 67.5 Å². The van der Waals surface area contributed by atoms with E-state index in [1.165, 1.54) is 36.9 Å². The van der Waals surface area contributed by atoms with Gasteiger partial charge in [0.25, 0.3) is 0 Å². The normalized spacial score (nSPS) is 11.6. The van der Waals surface area contributed by atoms with Crippen molar-refractivity contribution in [2.24, 2.45) is 0 Å². The molecule has 4 nitrogen and oxygen atoms in total. The Bertz CT molecular complexity index is 3240. The molecular weight excluding hydrogens is 703 g/mol. The molecule has 5 heteroatoms. The van der Waals surface area contributed by atoms with Gasteiger partial charge in [-0.25, -0.2) is 15.0 Å². The van der Waals surface area contributed by atoms with Crippen LogP contribution in [0.1, 0.15) is 0 Å². The molecule has 8 aromatic carbocycles. The highest BCUT2D eigenvalue weighted by Gasteiger charge is 2.20. The van der Waals surface area contributed by atoms with E-state index >= 15 is 0 Å². The lowest BCUT2D eigenvalue weighted by molar-refractivity contribution is 0.669. The summed E-state index contributed by atoms with van der Waals surface area (Å²) in [6.45, 7) is 0. The zero-order valence-electron chi connectivity index (χ0n) is 30.1. The van der Waals surface area contributed by atoms with Crippen molar-refractivity contribution >= 4 is 53.4 Å². The van der Waals surface area contributed by atoms with E-state index in [0.29, 0.717) is 17.5 Å². The van der Waals surface area contributed by atoms with Crippen LogP contribution in [0.2, 0.25) is 0 Å². The molecule has 0 saturated heterocycles. The topological polar surface area (TPSA) is 51.8 Å². The quantitative estimate of drug-likeness (QED) is 0.171. The van der Waals surface area contributed by atoms with Crippen LogP contribution in [0.25, 0.3) is 110 Å². The van der Waals surface area contributed by atoms with Crippen LogP contribution >= 0.6 is 11.3 Å². The maximum absolute atomic E-state index is 6.84. The Balaban J connectivity index is 1.07. The Labute approximate surface area is 327 Å². The number of thiophene rings is 1. The molecule has 0 atom stereocenters. The fraction of sp³-hybridized carbons (Fsp3) is 0. The molecular formula is C51H31N3OS. The number of para-hydroxylation sites is 1. The predicted molar refractivity (Wildman–Crippen MR) is 233 cm³/mol. The molecule has 0 spiro atoms. The molecule has 0 unspecified atom stereocenters. The standard InChI is InChI=1S/C51H31N3OS/c1-4-14-32(15-5-1)35-20-12-21-37(30-35)50-52-49(34-18-8-3-9-19-34)53-51(54-50)43-24-13-23-41-40-27-26-36(31-44(40)55-47(41)43)39-29-28-38(33-16-6-2-7-17-33)46-42-22-10-11-25-45(42)56-48(39)46/h1-31H. The second-order valence-electron chi connectivity index (χ2n) is 13.9. The average Bonchev–Trinajstić information content (AvgIpc) is 3.86. The van der Waals surface area contributed by atoms with Crippen molar-refractivity contribution in [2.75, 3.05) is 0 Å². The molecule has 0 bridgehead atoms. The minimum atomic E-state index is 0.562. The summed E-state index contributed by atoms with van der Waals surface area (Å²) < 4.78 is 9.38. The van der Waals surface area contributed by atoms with E-state index in [9.17, 15) is 0 Å². The first kappa shape index (κ1) is 32.2. The number of nitrogens with zero attached hydrogens (tertiary/aromatic N) is 3. The monoisotopic (exact) mass is 733 g/mol. The summed E-state index contributed by atoms with van der Waals surface area (Å²) in [4.78, 5) is 15.2. The fourth-order valence-electron chi connectivity index (χ4n) is 7.87. The largest absolute Gasteiger partial charge is 0.455 e. The highest BCUT2D eigenvalue weighted by molar-refractivity contribution is 7.26. The van der Waals surface area contributed by atoms with Gasteiger partial charge in [-0.3, -0.25) is 0 Å². The van der Waals surface area contributed by atoms with Gasteiger partial charge in [0, 0.05) is 42.1 Å². The van der Waals surface area contributed by atoms with E-state index in [4.69, 9.17) is 19.4 Å². The number of fused-ring (bicyclic) bond motifs is 6. The van der Waals surface area contributed by atoms with Crippen LogP contribution in [0.15, 0.2) is 192 Å². The summed E-state index contributed by atoms with van der Waals surface area (Å²) >= 11 is 1.85. The van der Waals surface area contributed by atoms with Gasteiger partial charge in [-0.05, 0) is 63.7 Å².